The van der Waals surface area contributed by atoms with Gasteiger partial charge in [0.1, 0.15) is 6.26 Å². The zero-order valence-corrected chi connectivity index (χ0v) is 9.12. The first kappa shape index (κ1) is 10.5. The molecule has 1 aromatic rings. The number of benzene rings is 1. The molecular weight excluding hydrogens is 238 g/mol. The largest absolute Gasteiger partial charge is 0.414 e. The van der Waals surface area contributed by atoms with E-state index >= 15 is 0 Å². The topological polar surface area (TPSA) is 55.4 Å². The minimum atomic E-state index is -3.35. The van der Waals surface area contributed by atoms with Crippen LogP contribution in [0, 0.1) is 0 Å². The molecule has 0 spiro atoms. The third-order valence-corrected chi connectivity index (χ3v) is 3.76. The number of halogens is 1. The highest BCUT2D eigenvalue weighted by Gasteiger charge is 2.27. The molecule has 1 atom stereocenters. The van der Waals surface area contributed by atoms with Gasteiger partial charge in [-0.05, 0) is 17.7 Å². The van der Waals surface area contributed by atoms with Crippen molar-refractivity contribution in [3.8, 4) is 0 Å². The van der Waals surface area contributed by atoms with Crippen LogP contribution >= 0.6 is 11.6 Å². The third-order valence-electron chi connectivity index (χ3n) is 1.99. The molecule has 1 aliphatic rings. The molecule has 0 aliphatic carbocycles. The van der Waals surface area contributed by atoms with E-state index < -0.39 is 15.2 Å². The number of rotatable bonds is 1. The fourth-order valence-corrected chi connectivity index (χ4v) is 2.47. The van der Waals surface area contributed by atoms with E-state index in [-0.39, 0.29) is 0 Å². The Balaban J connectivity index is 2.39. The number of hydrogen-bond donors (Lipinski definition) is 1. The van der Waals surface area contributed by atoms with Crippen LogP contribution in [-0.2, 0) is 14.7 Å². The van der Waals surface area contributed by atoms with Crippen molar-refractivity contribution in [2.75, 3.05) is 0 Å². The molecule has 0 bridgehead atoms. The maximum Gasteiger partial charge on any atom is 0.197 e. The van der Waals surface area contributed by atoms with Gasteiger partial charge in [0, 0.05) is 5.02 Å². The van der Waals surface area contributed by atoms with Gasteiger partial charge in [0.25, 0.3) is 0 Å². The average Bonchev–Trinajstić information content (AvgIpc) is 2.19. The molecule has 4 nitrogen and oxygen atoms in total. The van der Waals surface area contributed by atoms with E-state index in [1.54, 1.807) is 24.3 Å². The summed E-state index contributed by atoms with van der Waals surface area (Å²) in [6.07, 6.45) is 1.10. The van der Waals surface area contributed by atoms with Gasteiger partial charge in [-0.2, -0.15) is 0 Å². The molecule has 1 N–H and O–H groups in total. The number of hydrogen-bond acceptors (Lipinski definition) is 4. The SMILES string of the molecule is O=S1(=O)C=CONC1c1ccc(Cl)cc1. The first-order valence-electron chi connectivity index (χ1n) is 4.17. The maximum atomic E-state index is 11.6. The summed E-state index contributed by atoms with van der Waals surface area (Å²) in [5.74, 6) is 0. The van der Waals surface area contributed by atoms with Gasteiger partial charge in [0.05, 0.1) is 5.41 Å². The normalized spacial score (nSPS) is 23.4. The quantitative estimate of drug-likeness (QED) is 0.819. The fourth-order valence-electron chi connectivity index (χ4n) is 1.25. The highest BCUT2D eigenvalue weighted by Crippen LogP contribution is 2.24. The molecule has 0 saturated carbocycles. The van der Waals surface area contributed by atoms with Crippen molar-refractivity contribution in [1.29, 1.82) is 0 Å². The van der Waals surface area contributed by atoms with Gasteiger partial charge >= 0.3 is 0 Å². The Morgan fingerprint density at radius 3 is 2.53 bits per heavy atom. The van der Waals surface area contributed by atoms with Gasteiger partial charge in [0.15, 0.2) is 15.2 Å². The van der Waals surface area contributed by atoms with E-state index in [0.29, 0.717) is 10.6 Å². The van der Waals surface area contributed by atoms with Gasteiger partial charge in [-0.1, -0.05) is 23.7 Å². The lowest BCUT2D eigenvalue weighted by molar-refractivity contribution is 0.119. The summed E-state index contributed by atoms with van der Waals surface area (Å²) in [6, 6.07) is 6.54. The number of nitrogens with one attached hydrogen (secondary N) is 1. The summed E-state index contributed by atoms with van der Waals surface area (Å²) >= 11 is 5.71. The van der Waals surface area contributed by atoms with Crippen LogP contribution in [0.5, 0.6) is 0 Å². The summed E-state index contributed by atoms with van der Waals surface area (Å²) in [5.41, 5.74) is 3.01. The van der Waals surface area contributed by atoms with Crippen LogP contribution < -0.4 is 5.48 Å². The molecule has 15 heavy (non-hydrogen) atoms. The molecule has 80 valence electrons. The molecule has 1 aliphatic heterocycles. The maximum absolute atomic E-state index is 11.6. The lowest BCUT2D eigenvalue weighted by Gasteiger charge is -2.19. The molecule has 6 heteroatoms. The van der Waals surface area contributed by atoms with Crippen LogP contribution in [0.1, 0.15) is 10.9 Å². The van der Waals surface area contributed by atoms with Gasteiger partial charge in [-0.15, -0.1) is 5.48 Å². The lowest BCUT2D eigenvalue weighted by atomic mass is 10.2. The van der Waals surface area contributed by atoms with Gasteiger partial charge in [0.2, 0.25) is 0 Å². The lowest BCUT2D eigenvalue weighted by Crippen LogP contribution is -2.29. The molecule has 0 aromatic heterocycles. The van der Waals surface area contributed by atoms with Crippen molar-refractivity contribution in [3.05, 3.63) is 46.5 Å². The molecular formula is C9H8ClNO3S. The van der Waals surface area contributed by atoms with E-state index in [1.807, 2.05) is 0 Å². The highest BCUT2D eigenvalue weighted by molar-refractivity contribution is 7.94. The first-order chi connectivity index (χ1) is 7.09. The predicted octanol–water partition coefficient (Wildman–Crippen LogP) is 1.76. The fraction of sp³-hybridized carbons (Fsp3) is 0.111. The van der Waals surface area contributed by atoms with E-state index in [2.05, 4.69) is 5.48 Å². The summed E-state index contributed by atoms with van der Waals surface area (Å²) < 4.78 is 23.2. The molecule has 0 fully saturated rings. The summed E-state index contributed by atoms with van der Waals surface area (Å²) in [6.45, 7) is 0. The standard InChI is InChI=1S/C9H8ClNO3S/c10-8-3-1-7(2-4-8)9-11-14-5-6-15(9,12)13/h1-6,9,11H. The third kappa shape index (κ3) is 2.14. The second kappa shape index (κ2) is 3.84. The zero-order chi connectivity index (χ0) is 10.9. The predicted molar refractivity (Wildman–Crippen MR) is 56.5 cm³/mol. The Labute approximate surface area is 92.4 Å². The van der Waals surface area contributed by atoms with Crippen molar-refractivity contribution < 1.29 is 13.3 Å². The van der Waals surface area contributed by atoms with Crippen molar-refractivity contribution in [2.45, 2.75) is 5.37 Å². The Bertz CT molecular complexity index is 481. The Kier molecular flexibility index (Phi) is 2.68. The van der Waals surface area contributed by atoms with Gasteiger partial charge in [-0.25, -0.2) is 8.42 Å². The first-order valence-corrected chi connectivity index (χ1v) is 6.15. The van der Waals surface area contributed by atoms with E-state index in [1.165, 1.54) is 0 Å². The molecule has 1 heterocycles. The Morgan fingerprint density at radius 1 is 1.27 bits per heavy atom. The molecule has 2 rings (SSSR count). The van der Waals surface area contributed by atoms with Crippen molar-refractivity contribution >= 4 is 21.4 Å². The minimum Gasteiger partial charge on any atom is -0.414 e. The number of hydroxylamine groups is 1. The van der Waals surface area contributed by atoms with Crippen molar-refractivity contribution in [3.63, 3.8) is 0 Å². The van der Waals surface area contributed by atoms with Crippen LogP contribution in [0.3, 0.4) is 0 Å². The van der Waals surface area contributed by atoms with E-state index in [0.717, 1.165) is 11.7 Å². The smallest absolute Gasteiger partial charge is 0.197 e. The van der Waals surface area contributed by atoms with Crippen LogP contribution in [0.15, 0.2) is 35.9 Å². The summed E-state index contributed by atoms with van der Waals surface area (Å²) in [4.78, 5) is 4.76. The zero-order valence-electron chi connectivity index (χ0n) is 7.55. The molecule has 0 amide bonds. The van der Waals surface area contributed by atoms with Crippen LogP contribution in [-0.4, -0.2) is 8.42 Å². The molecule has 1 aromatic carbocycles. The van der Waals surface area contributed by atoms with Crippen molar-refractivity contribution in [2.24, 2.45) is 0 Å². The van der Waals surface area contributed by atoms with Crippen LogP contribution in [0.4, 0.5) is 0 Å². The van der Waals surface area contributed by atoms with E-state index in [4.69, 9.17) is 16.4 Å². The van der Waals surface area contributed by atoms with Crippen molar-refractivity contribution in [1.82, 2.24) is 5.48 Å². The Morgan fingerprint density at radius 2 is 1.93 bits per heavy atom. The van der Waals surface area contributed by atoms with Crippen LogP contribution in [0.25, 0.3) is 0 Å². The van der Waals surface area contributed by atoms with E-state index in [9.17, 15) is 8.42 Å². The molecule has 1 unspecified atom stereocenters. The second-order valence-electron chi connectivity index (χ2n) is 3.03. The Hall–Kier alpha value is -1.04. The highest BCUT2D eigenvalue weighted by atomic mass is 35.5. The monoisotopic (exact) mass is 245 g/mol. The number of sulfone groups is 1. The van der Waals surface area contributed by atoms with Gasteiger partial charge in [-0.3, -0.25) is 0 Å². The van der Waals surface area contributed by atoms with Crippen LogP contribution in [0.2, 0.25) is 5.02 Å². The molecule has 0 radical (unpaired) electrons. The van der Waals surface area contributed by atoms with Gasteiger partial charge < -0.3 is 4.84 Å². The average molecular weight is 246 g/mol. The second-order valence-corrected chi connectivity index (χ2v) is 5.39. The summed E-state index contributed by atoms with van der Waals surface area (Å²) in [7, 11) is -3.35. The molecule has 0 saturated heterocycles. The minimum absolute atomic E-state index is 0.559. The summed E-state index contributed by atoms with van der Waals surface area (Å²) in [5, 5.41) is 0.714.